The molecule has 0 saturated carbocycles. The Morgan fingerprint density at radius 1 is 1.16 bits per heavy atom. The van der Waals surface area contributed by atoms with Crippen molar-refractivity contribution in [2.24, 2.45) is 4.99 Å². The number of ether oxygens (including phenoxy) is 2. The molecule has 1 N–H and O–H groups in total. The summed E-state index contributed by atoms with van der Waals surface area (Å²) in [4.78, 5) is 11.1. The summed E-state index contributed by atoms with van der Waals surface area (Å²) in [6, 6.07) is 15.5. The number of hydrogen-bond acceptors (Lipinski definition) is 4. The molecular weight excluding hydrogens is 316 g/mol. The van der Waals surface area contributed by atoms with Crippen molar-refractivity contribution >= 4 is 5.96 Å². The summed E-state index contributed by atoms with van der Waals surface area (Å²) in [6.07, 6.45) is 0. The van der Waals surface area contributed by atoms with E-state index in [0.717, 1.165) is 30.5 Å². The molecule has 134 valence electrons. The van der Waals surface area contributed by atoms with Crippen LogP contribution in [0.3, 0.4) is 0 Å². The average Bonchev–Trinajstić information content (AvgIpc) is 2.66. The minimum Gasteiger partial charge on any atom is -0.492 e. The van der Waals surface area contributed by atoms with Gasteiger partial charge in [-0.05, 0) is 25.1 Å². The number of hydrogen-bond donors (Lipinski definition) is 1. The van der Waals surface area contributed by atoms with E-state index in [0.29, 0.717) is 19.0 Å². The minimum atomic E-state index is 0.489. The first-order chi connectivity index (χ1) is 12.2. The van der Waals surface area contributed by atoms with Gasteiger partial charge in [0.05, 0.1) is 25.9 Å². The molecule has 0 radical (unpaired) electrons. The molecular formula is C19H26N4O2. The van der Waals surface area contributed by atoms with Crippen molar-refractivity contribution in [1.29, 1.82) is 0 Å². The lowest BCUT2D eigenvalue weighted by atomic mass is 10.3. The van der Waals surface area contributed by atoms with Crippen LogP contribution < -0.4 is 14.8 Å². The Labute approximate surface area is 149 Å². The molecule has 1 heterocycles. The van der Waals surface area contributed by atoms with E-state index >= 15 is 0 Å². The maximum atomic E-state index is 5.74. The van der Waals surface area contributed by atoms with Crippen LogP contribution in [0.5, 0.6) is 11.6 Å². The van der Waals surface area contributed by atoms with Crippen LogP contribution in [0, 0.1) is 0 Å². The van der Waals surface area contributed by atoms with Crippen LogP contribution in [0.15, 0.2) is 53.5 Å². The first kappa shape index (κ1) is 18.6. The second-order valence-corrected chi connectivity index (χ2v) is 5.42. The number of para-hydroxylation sites is 1. The molecule has 25 heavy (non-hydrogen) atoms. The predicted molar refractivity (Wildman–Crippen MR) is 100 cm³/mol. The molecule has 0 aliphatic rings. The lowest BCUT2D eigenvalue weighted by Crippen LogP contribution is -2.40. The largest absolute Gasteiger partial charge is 0.492 e. The topological polar surface area (TPSA) is 59.0 Å². The summed E-state index contributed by atoms with van der Waals surface area (Å²) < 4.78 is 10.9. The Morgan fingerprint density at radius 2 is 1.96 bits per heavy atom. The highest BCUT2D eigenvalue weighted by Gasteiger charge is 2.06. The highest BCUT2D eigenvalue weighted by atomic mass is 16.5. The van der Waals surface area contributed by atoms with Gasteiger partial charge in [-0.3, -0.25) is 0 Å². The van der Waals surface area contributed by atoms with Crippen LogP contribution in [0.4, 0.5) is 0 Å². The first-order valence-corrected chi connectivity index (χ1v) is 8.40. The number of pyridine rings is 1. The molecule has 0 unspecified atom stereocenters. The summed E-state index contributed by atoms with van der Waals surface area (Å²) in [5.41, 5.74) is 0.865. The highest BCUT2D eigenvalue weighted by molar-refractivity contribution is 5.79. The van der Waals surface area contributed by atoms with Gasteiger partial charge in [0.1, 0.15) is 12.4 Å². The molecule has 0 atom stereocenters. The zero-order chi connectivity index (χ0) is 17.9. The quantitative estimate of drug-likeness (QED) is 0.590. The number of guanidine groups is 1. The van der Waals surface area contributed by atoms with Gasteiger partial charge in [0.25, 0.3) is 0 Å². The van der Waals surface area contributed by atoms with Crippen LogP contribution in [-0.4, -0.2) is 49.7 Å². The summed E-state index contributed by atoms with van der Waals surface area (Å²) >= 11 is 0. The van der Waals surface area contributed by atoms with Gasteiger partial charge in [-0.25, -0.2) is 9.98 Å². The van der Waals surface area contributed by atoms with Crippen molar-refractivity contribution in [2.75, 3.05) is 33.9 Å². The summed E-state index contributed by atoms with van der Waals surface area (Å²) in [7, 11) is 3.61. The van der Waals surface area contributed by atoms with E-state index in [2.05, 4.69) is 15.3 Å². The fourth-order valence-electron chi connectivity index (χ4n) is 2.21. The third-order valence-corrected chi connectivity index (χ3v) is 3.52. The van der Waals surface area contributed by atoms with Gasteiger partial charge in [-0.1, -0.05) is 24.3 Å². The number of aromatic nitrogens is 1. The van der Waals surface area contributed by atoms with E-state index in [1.54, 1.807) is 7.11 Å². The van der Waals surface area contributed by atoms with E-state index in [1.165, 1.54) is 0 Å². The lowest BCUT2D eigenvalue weighted by Gasteiger charge is -2.22. The Bertz CT molecular complexity index is 661. The number of likely N-dealkylation sites (N-methyl/N-ethyl adjacent to an activating group) is 1. The van der Waals surface area contributed by atoms with E-state index in [9.17, 15) is 0 Å². The predicted octanol–water partition coefficient (Wildman–Crippen LogP) is 2.57. The molecule has 6 nitrogen and oxygen atoms in total. The van der Waals surface area contributed by atoms with Gasteiger partial charge in [-0.2, -0.15) is 0 Å². The normalized spacial score (nSPS) is 11.1. The van der Waals surface area contributed by atoms with Crippen LogP contribution in [-0.2, 0) is 6.54 Å². The van der Waals surface area contributed by atoms with E-state index < -0.39 is 0 Å². The first-order valence-electron chi connectivity index (χ1n) is 8.40. The number of aliphatic imine (C=N–C) groups is 1. The molecule has 0 fully saturated rings. The van der Waals surface area contributed by atoms with Crippen molar-refractivity contribution < 1.29 is 9.47 Å². The van der Waals surface area contributed by atoms with Gasteiger partial charge in [0.2, 0.25) is 5.88 Å². The number of rotatable bonds is 8. The molecule has 0 aliphatic carbocycles. The Hall–Kier alpha value is -2.76. The molecule has 0 bridgehead atoms. The van der Waals surface area contributed by atoms with Crippen molar-refractivity contribution in [3.8, 4) is 11.6 Å². The summed E-state index contributed by atoms with van der Waals surface area (Å²) in [5.74, 6) is 2.30. The molecule has 1 aromatic carbocycles. The fraction of sp³-hybridized carbons (Fsp3) is 0.368. The number of methoxy groups -OCH3 is 1. The average molecular weight is 342 g/mol. The second-order valence-electron chi connectivity index (χ2n) is 5.42. The van der Waals surface area contributed by atoms with E-state index in [4.69, 9.17) is 9.47 Å². The zero-order valence-corrected chi connectivity index (χ0v) is 15.1. The molecule has 1 aromatic heterocycles. The molecule has 6 heteroatoms. The van der Waals surface area contributed by atoms with Gasteiger partial charge < -0.3 is 19.7 Å². The van der Waals surface area contributed by atoms with Crippen LogP contribution in [0.2, 0.25) is 0 Å². The van der Waals surface area contributed by atoms with Crippen molar-refractivity contribution in [1.82, 2.24) is 15.2 Å². The van der Waals surface area contributed by atoms with Crippen LogP contribution in [0.1, 0.15) is 12.6 Å². The zero-order valence-electron chi connectivity index (χ0n) is 15.1. The molecule has 2 aromatic rings. The Balaban J connectivity index is 1.90. The third-order valence-electron chi connectivity index (χ3n) is 3.52. The molecule has 0 amide bonds. The Morgan fingerprint density at radius 3 is 2.68 bits per heavy atom. The standard InChI is InChI=1S/C19H26N4O2/c1-4-20-19(21-15-16-9-8-12-18(22-16)24-3)23(2)13-14-25-17-10-6-5-7-11-17/h5-12H,4,13-15H2,1-3H3,(H,20,21). The van der Waals surface area contributed by atoms with Crippen molar-refractivity contribution in [3.05, 3.63) is 54.2 Å². The van der Waals surface area contributed by atoms with Crippen molar-refractivity contribution in [2.45, 2.75) is 13.5 Å². The molecule has 0 spiro atoms. The minimum absolute atomic E-state index is 0.489. The van der Waals surface area contributed by atoms with Gasteiger partial charge in [0.15, 0.2) is 5.96 Å². The second kappa shape index (κ2) is 10.2. The summed E-state index contributed by atoms with van der Waals surface area (Å²) in [6.45, 7) is 4.65. The smallest absolute Gasteiger partial charge is 0.213 e. The lowest BCUT2D eigenvalue weighted by molar-refractivity contribution is 0.281. The van der Waals surface area contributed by atoms with Gasteiger partial charge >= 0.3 is 0 Å². The fourth-order valence-corrected chi connectivity index (χ4v) is 2.21. The monoisotopic (exact) mass is 342 g/mol. The third kappa shape index (κ3) is 6.33. The van der Waals surface area contributed by atoms with E-state index in [1.807, 2.05) is 67.4 Å². The summed E-state index contributed by atoms with van der Waals surface area (Å²) in [5, 5.41) is 3.29. The van der Waals surface area contributed by atoms with Gasteiger partial charge in [-0.15, -0.1) is 0 Å². The number of benzene rings is 1. The maximum Gasteiger partial charge on any atom is 0.213 e. The van der Waals surface area contributed by atoms with E-state index in [-0.39, 0.29) is 0 Å². The molecule has 0 saturated heterocycles. The Kier molecular flexibility index (Phi) is 7.56. The van der Waals surface area contributed by atoms with Crippen LogP contribution >= 0.6 is 0 Å². The highest BCUT2D eigenvalue weighted by Crippen LogP contribution is 2.09. The number of nitrogens with one attached hydrogen (secondary N) is 1. The number of nitrogens with zero attached hydrogens (tertiary/aromatic N) is 3. The molecule has 0 aliphatic heterocycles. The van der Waals surface area contributed by atoms with Gasteiger partial charge in [0, 0.05) is 19.7 Å². The molecule has 2 rings (SSSR count). The SMILES string of the molecule is CCNC(=NCc1cccc(OC)n1)N(C)CCOc1ccccc1. The van der Waals surface area contributed by atoms with Crippen molar-refractivity contribution in [3.63, 3.8) is 0 Å². The van der Waals surface area contributed by atoms with Crippen LogP contribution in [0.25, 0.3) is 0 Å². The maximum absolute atomic E-state index is 5.74.